The number of likely N-dealkylation sites (tertiary alicyclic amines) is 1. The Hall–Kier alpha value is -1.47. The Morgan fingerprint density at radius 2 is 2.32 bits per heavy atom. The maximum Gasteiger partial charge on any atom is 0.292 e. The van der Waals surface area contributed by atoms with Crippen molar-refractivity contribution in [1.82, 2.24) is 20.4 Å². The molecule has 2 heterocycles. The van der Waals surface area contributed by atoms with Gasteiger partial charge < -0.3 is 14.9 Å². The lowest BCUT2D eigenvalue weighted by molar-refractivity contribution is 0.0937. The van der Waals surface area contributed by atoms with Crippen molar-refractivity contribution in [2.45, 2.75) is 37.8 Å². The Morgan fingerprint density at radius 1 is 1.47 bits per heavy atom. The fraction of sp³-hybridized carbons (Fsp3) is 0.750. The maximum absolute atomic E-state index is 11.8. The van der Waals surface area contributed by atoms with Gasteiger partial charge in [-0.15, -0.1) is 0 Å². The third kappa shape index (κ3) is 2.76. The van der Waals surface area contributed by atoms with Crippen LogP contribution in [0.25, 0.3) is 0 Å². The summed E-state index contributed by atoms with van der Waals surface area (Å²) in [7, 11) is 0. The first-order valence-corrected chi connectivity index (χ1v) is 6.77. The van der Waals surface area contributed by atoms with E-state index in [1.807, 2.05) is 0 Å². The molecule has 1 aromatic rings. The highest BCUT2D eigenvalue weighted by atomic mass is 16.5. The van der Waals surface area contributed by atoms with Crippen LogP contribution in [-0.2, 0) is 0 Å². The third-order valence-corrected chi connectivity index (χ3v) is 3.59. The molecule has 19 heavy (non-hydrogen) atoms. The number of nitrogens with zero attached hydrogens (tertiary/aromatic N) is 3. The van der Waals surface area contributed by atoms with Crippen LogP contribution in [0.1, 0.15) is 48.2 Å². The molecule has 104 valence electrons. The van der Waals surface area contributed by atoms with Crippen molar-refractivity contribution in [3.05, 3.63) is 11.7 Å². The van der Waals surface area contributed by atoms with Gasteiger partial charge in [0.05, 0.1) is 12.6 Å². The molecular weight excluding hydrogens is 248 g/mol. The van der Waals surface area contributed by atoms with E-state index in [9.17, 15) is 4.79 Å². The molecule has 0 spiro atoms. The van der Waals surface area contributed by atoms with Crippen LogP contribution in [0.15, 0.2) is 4.52 Å². The number of rotatable bonds is 5. The maximum atomic E-state index is 11.8. The summed E-state index contributed by atoms with van der Waals surface area (Å²) in [5.41, 5.74) is 0. The van der Waals surface area contributed by atoms with Crippen LogP contribution in [0.2, 0.25) is 0 Å². The van der Waals surface area contributed by atoms with E-state index in [1.54, 1.807) is 0 Å². The Labute approximate surface area is 111 Å². The molecule has 1 atom stereocenters. The van der Waals surface area contributed by atoms with E-state index >= 15 is 0 Å². The Morgan fingerprint density at radius 3 is 3.05 bits per heavy atom. The summed E-state index contributed by atoms with van der Waals surface area (Å²) in [4.78, 5) is 18.1. The lowest BCUT2D eigenvalue weighted by atomic mass is 10.2. The van der Waals surface area contributed by atoms with Crippen molar-refractivity contribution >= 4 is 5.91 Å². The van der Waals surface area contributed by atoms with Crippen LogP contribution in [0, 0.1) is 0 Å². The molecule has 7 heteroatoms. The summed E-state index contributed by atoms with van der Waals surface area (Å²) in [6, 6.07) is 0.314. The first-order chi connectivity index (χ1) is 9.28. The van der Waals surface area contributed by atoms with Crippen molar-refractivity contribution < 1.29 is 14.4 Å². The zero-order valence-corrected chi connectivity index (χ0v) is 10.7. The van der Waals surface area contributed by atoms with E-state index in [-0.39, 0.29) is 30.4 Å². The molecule has 0 radical (unpaired) electrons. The molecule has 2 aliphatic rings. The zero-order chi connectivity index (χ0) is 13.2. The van der Waals surface area contributed by atoms with Crippen molar-refractivity contribution in [1.29, 1.82) is 0 Å². The normalized spacial score (nSPS) is 23.7. The second-order valence-corrected chi connectivity index (χ2v) is 5.12. The first-order valence-electron chi connectivity index (χ1n) is 6.77. The molecule has 2 N–H and O–H groups in total. The quantitative estimate of drug-likeness (QED) is 0.785. The van der Waals surface area contributed by atoms with Gasteiger partial charge in [-0.2, -0.15) is 4.98 Å². The fourth-order valence-corrected chi connectivity index (χ4v) is 2.44. The third-order valence-electron chi connectivity index (χ3n) is 3.59. The molecule has 7 nitrogen and oxygen atoms in total. The van der Waals surface area contributed by atoms with Crippen LogP contribution in [0.3, 0.4) is 0 Å². The summed E-state index contributed by atoms with van der Waals surface area (Å²) in [6.45, 7) is 1.62. The number of β-amino-alcohol motifs (C(OH)–C–C–N with tert-alkyl or cyclic N) is 1. The molecule has 3 rings (SSSR count). The van der Waals surface area contributed by atoms with E-state index in [2.05, 4.69) is 20.4 Å². The number of nitrogens with one attached hydrogen (secondary N) is 1. The second-order valence-electron chi connectivity index (χ2n) is 5.12. The molecule has 0 unspecified atom stereocenters. The summed E-state index contributed by atoms with van der Waals surface area (Å²) in [5, 5.41) is 15.6. The van der Waals surface area contributed by atoms with Crippen molar-refractivity contribution in [2.75, 3.05) is 19.7 Å². The minimum Gasteiger partial charge on any atom is -0.395 e. The number of carbonyl (C=O) groups excluding carboxylic acids is 1. The molecule has 1 aliphatic carbocycles. The minimum atomic E-state index is -0.260. The highest BCUT2D eigenvalue weighted by molar-refractivity contribution is 5.90. The van der Waals surface area contributed by atoms with Gasteiger partial charge in [-0.25, -0.2) is 0 Å². The number of amides is 1. The number of carbonyl (C=O) groups is 1. The smallest absolute Gasteiger partial charge is 0.292 e. The van der Waals surface area contributed by atoms with E-state index in [0.717, 1.165) is 32.2 Å². The topological polar surface area (TPSA) is 91.5 Å². The van der Waals surface area contributed by atoms with E-state index in [4.69, 9.17) is 9.63 Å². The number of aliphatic hydroxyl groups excluding tert-OH is 1. The van der Waals surface area contributed by atoms with Crippen LogP contribution in [-0.4, -0.2) is 51.8 Å². The molecular formula is C12H18N4O3. The number of hydrogen-bond acceptors (Lipinski definition) is 6. The summed E-state index contributed by atoms with van der Waals surface area (Å²) >= 11 is 0. The van der Waals surface area contributed by atoms with Crippen molar-refractivity contribution in [3.63, 3.8) is 0 Å². The average Bonchev–Trinajstić information content (AvgIpc) is 2.93. The molecule has 1 aromatic heterocycles. The van der Waals surface area contributed by atoms with Crippen molar-refractivity contribution in [3.8, 4) is 0 Å². The van der Waals surface area contributed by atoms with Gasteiger partial charge in [0.15, 0.2) is 0 Å². The lowest BCUT2D eigenvalue weighted by Crippen LogP contribution is -2.27. The zero-order valence-electron chi connectivity index (χ0n) is 10.7. The first kappa shape index (κ1) is 12.6. The molecule has 1 amide bonds. The van der Waals surface area contributed by atoms with Gasteiger partial charge in [-0.1, -0.05) is 5.16 Å². The number of hydrogen-bond donors (Lipinski definition) is 2. The van der Waals surface area contributed by atoms with Crippen LogP contribution >= 0.6 is 0 Å². The molecule has 0 bridgehead atoms. The Kier molecular flexibility index (Phi) is 3.48. The number of aliphatic hydroxyl groups is 1. The van der Waals surface area contributed by atoms with Gasteiger partial charge in [0.1, 0.15) is 0 Å². The second kappa shape index (κ2) is 5.26. The van der Waals surface area contributed by atoms with E-state index < -0.39 is 0 Å². The molecule has 1 aliphatic heterocycles. The standard InChI is InChI=1S/C12H18N4O3/c17-7-6-16-5-1-2-9(16)12-14-10(15-19-12)11(18)13-8-3-4-8/h8-9,17H,1-7H2,(H,13,18)/t9-/m0/s1. The van der Waals surface area contributed by atoms with Gasteiger partial charge >= 0.3 is 0 Å². The van der Waals surface area contributed by atoms with Gasteiger partial charge in [0.25, 0.3) is 11.7 Å². The van der Waals surface area contributed by atoms with Crippen LogP contribution < -0.4 is 5.32 Å². The minimum absolute atomic E-state index is 0.0297. The van der Waals surface area contributed by atoms with Gasteiger partial charge in [0, 0.05) is 12.6 Å². The Bertz CT molecular complexity index is 458. The van der Waals surface area contributed by atoms with E-state index in [1.165, 1.54) is 0 Å². The highest BCUT2D eigenvalue weighted by Gasteiger charge is 2.32. The SMILES string of the molecule is O=C(NC1CC1)c1noc([C@@H]2CCCN2CCO)n1. The summed E-state index contributed by atoms with van der Waals surface area (Å²) < 4.78 is 5.20. The predicted octanol–water partition coefficient (Wildman–Crippen LogP) is 0.0910. The summed E-state index contributed by atoms with van der Waals surface area (Å²) in [6.07, 6.45) is 4.02. The van der Waals surface area contributed by atoms with Crippen LogP contribution in [0.4, 0.5) is 0 Å². The van der Waals surface area contributed by atoms with Gasteiger partial charge in [-0.3, -0.25) is 9.69 Å². The van der Waals surface area contributed by atoms with Gasteiger partial charge in [0.2, 0.25) is 5.89 Å². The molecule has 1 saturated carbocycles. The average molecular weight is 266 g/mol. The Balaban J connectivity index is 1.67. The molecule has 2 fully saturated rings. The lowest BCUT2D eigenvalue weighted by Gasteiger charge is -2.19. The molecule has 1 saturated heterocycles. The number of aromatic nitrogens is 2. The highest BCUT2D eigenvalue weighted by Crippen LogP contribution is 2.30. The molecule has 0 aromatic carbocycles. The van der Waals surface area contributed by atoms with Crippen LogP contribution in [0.5, 0.6) is 0 Å². The predicted molar refractivity (Wildman–Crippen MR) is 65.4 cm³/mol. The van der Waals surface area contributed by atoms with E-state index in [0.29, 0.717) is 12.4 Å². The van der Waals surface area contributed by atoms with Gasteiger partial charge in [-0.05, 0) is 32.2 Å². The summed E-state index contributed by atoms with van der Waals surface area (Å²) in [5.74, 6) is 0.328. The largest absolute Gasteiger partial charge is 0.395 e. The van der Waals surface area contributed by atoms with Crippen molar-refractivity contribution in [2.24, 2.45) is 0 Å². The fourth-order valence-electron chi connectivity index (χ4n) is 2.44. The monoisotopic (exact) mass is 266 g/mol.